The topological polar surface area (TPSA) is 54.9 Å². The fourth-order valence-electron chi connectivity index (χ4n) is 1.75. The van der Waals surface area contributed by atoms with Gasteiger partial charge in [0.2, 0.25) is 0 Å². The maximum Gasteiger partial charge on any atom is 0.416 e. The fraction of sp³-hybridized carbons (Fsp3) is 0.154. The fourth-order valence-corrected chi connectivity index (χ4v) is 1.93. The first kappa shape index (κ1) is 15.2. The molecule has 0 radical (unpaired) electrons. The smallest absolute Gasteiger partial charge is 0.365 e. The summed E-state index contributed by atoms with van der Waals surface area (Å²) in [5, 5.41) is 2.60. The zero-order valence-corrected chi connectivity index (χ0v) is 11.2. The molecule has 0 saturated carbocycles. The van der Waals surface area contributed by atoms with Crippen molar-refractivity contribution in [1.29, 1.82) is 0 Å². The maximum atomic E-state index is 12.9. The number of benzene rings is 1. The van der Waals surface area contributed by atoms with Crippen LogP contribution in [-0.4, -0.2) is 16.3 Å². The van der Waals surface area contributed by atoms with Crippen LogP contribution in [0, 0.1) is 0 Å². The third-order valence-corrected chi connectivity index (χ3v) is 3.02. The molecule has 21 heavy (non-hydrogen) atoms. The molecule has 4 nitrogen and oxygen atoms in total. The molecular weight excluding hydrogens is 307 g/mol. The number of aromatic nitrogens is 2. The van der Waals surface area contributed by atoms with Crippen LogP contribution in [0.2, 0.25) is 5.15 Å². The minimum Gasteiger partial charge on any atom is -0.365 e. The van der Waals surface area contributed by atoms with Crippen LogP contribution < -0.4 is 5.32 Å². The Labute approximate surface area is 123 Å². The van der Waals surface area contributed by atoms with Gasteiger partial charge in [-0.05, 0) is 11.6 Å². The van der Waals surface area contributed by atoms with Gasteiger partial charge >= 0.3 is 6.18 Å². The van der Waals surface area contributed by atoms with E-state index in [4.69, 9.17) is 11.6 Å². The molecule has 0 unspecified atom stereocenters. The van der Waals surface area contributed by atoms with Crippen molar-refractivity contribution in [2.75, 3.05) is 5.32 Å². The third-order valence-electron chi connectivity index (χ3n) is 2.72. The van der Waals surface area contributed by atoms with E-state index in [1.54, 1.807) is 0 Å². The third kappa shape index (κ3) is 3.49. The first-order valence-corrected chi connectivity index (χ1v) is 6.16. The van der Waals surface area contributed by atoms with E-state index >= 15 is 0 Å². The van der Waals surface area contributed by atoms with E-state index in [9.17, 15) is 18.0 Å². The number of anilines is 1. The number of carbonyl (C=O) groups is 1. The lowest BCUT2D eigenvalue weighted by Gasteiger charge is -2.14. The van der Waals surface area contributed by atoms with E-state index in [-0.39, 0.29) is 28.6 Å². The van der Waals surface area contributed by atoms with Crippen molar-refractivity contribution in [3.05, 3.63) is 52.4 Å². The molecule has 0 aliphatic carbocycles. The number of halogens is 4. The lowest BCUT2D eigenvalue weighted by Crippen LogP contribution is -2.13. The highest BCUT2D eigenvalue weighted by Crippen LogP contribution is 2.32. The summed E-state index contributed by atoms with van der Waals surface area (Å²) in [5.41, 5.74) is -0.703. The van der Waals surface area contributed by atoms with Gasteiger partial charge < -0.3 is 5.32 Å². The van der Waals surface area contributed by atoms with Crippen LogP contribution in [0.15, 0.2) is 30.6 Å². The summed E-state index contributed by atoms with van der Waals surface area (Å²) in [7, 11) is 0. The number of hydrogen-bond acceptors (Lipinski definition) is 4. The molecule has 0 fully saturated rings. The van der Waals surface area contributed by atoms with Crippen LogP contribution in [0.4, 0.5) is 19.0 Å². The molecule has 0 atom stereocenters. The minimum atomic E-state index is -4.45. The van der Waals surface area contributed by atoms with Gasteiger partial charge in [0.1, 0.15) is 17.3 Å². The molecule has 8 heteroatoms. The zero-order chi connectivity index (χ0) is 15.5. The maximum absolute atomic E-state index is 12.9. The van der Waals surface area contributed by atoms with Crippen molar-refractivity contribution in [3.63, 3.8) is 0 Å². The Morgan fingerprint density at radius 1 is 1.24 bits per heavy atom. The molecule has 1 aromatic heterocycles. The van der Waals surface area contributed by atoms with Gasteiger partial charge in [-0.2, -0.15) is 13.2 Å². The Morgan fingerprint density at radius 2 is 1.95 bits per heavy atom. The van der Waals surface area contributed by atoms with Crippen molar-refractivity contribution >= 4 is 23.7 Å². The molecule has 1 N–H and O–H groups in total. The summed E-state index contributed by atoms with van der Waals surface area (Å²) >= 11 is 5.71. The molecule has 2 aromatic rings. The Morgan fingerprint density at radius 3 is 2.62 bits per heavy atom. The minimum absolute atomic E-state index is 0.00339. The molecule has 1 aromatic carbocycles. The summed E-state index contributed by atoms with van der Waals surface area (Å²) < 4.78 is 38.6. The summed E-state index contributed by atoms with van der Waals surface area (Å²) in [6, 6.07) is 5.15. The van der Waals surface area contributed by atoms with Crippen molar-refractivity contribution in [3.8, 4) is 0 Å². The molecule has 0 aliphatic heterocycles. The average Bonchev–Trinajstić information content (AvgIpc) is 2.44. The number of rotatable bonds is 4. The lowest BCUT2D eigenvalue weighted by molar-refractivity contribution is -0.138. The SMILES string of the molecule is O=Cc1c(Cl)ncnc1NCc1ccccc1C(F)(F)F. The van der Waals surface area contributed by atoms with E-state index in [1.807, 2.05) is 0 Å². The highest BCUT2D eigenvalue weighted by atomic mass is 35.5. The lowest BCUT2D eigenvalue weighted by atomic mass is 10.1. The highest BCUT2D eigenvalue weighted by Gasteiger charge is 2.32. The molecule has 0 aliphatic rings. The normalized spacial score (nSPS) is 11.2. The largest absolute Gasteiger partial charge is 0.416 e. The van der Waals surface area contributed by atoms with Crippen LogP contribution in [0.5, 0.6) is 0 Å². The number of nitrogens with one attached hydrogen (secondary N) is 1. The van der Waals surface area contributed by atoms with Gasteiger partial charge in [-0.3, -0.25) is 4.79 Å². The predicted octanol–water partition coefficient (Wildman–Crippen LogP) is 3.57. The summed E-state index contributed by atoms with van der Waals surface area (Å²) in [5.74, 6) is 0.0852. The van der Waals surface area contributed by atoms with Crippen LogP contribution in [0.25, 0.3) is 0 Å². The first-order valence-electron chi connectivity index (χ1n) is 5.78. The second kappa shape index (κ2) is 6.09. The van der Waals surface area contributed by atoms with E-state index in [1.165, 1.54) is 18.2 Å². The van der Waals surface area contributed by atoms with Gasteiger partial charge in [0.05, 0.1) is 11.1 Å². The molecule has 0 amide bonds. The summed E-state index contributed by atoms with van der Waals surface area (Å²) in [6.45, 7) is -0.149. The number of nitrogens with zero attached hydrogens (tertiary/aromatic N) is 2. The standard InChI is InChI=1S/C13H9ClF3N3O/c14-11-9(6-21)12(20-7-19-11)18-5-8-3-1-2-4-10(8)13(15,16)17/h1-4,6-7H,5H2,(H,18,19,20). The monoisotopic (exact) mass is 315 g/mol. The predicted molar refractivity (Wildman–Crippen MR) is 71.2 cm³/mol. The summed E-state index contributed by atoms with van der Waals surface area (Å²) in [6.07, 6.45) is -2.89. The van der Waals surface area contributed by atoms with Gasteiger partial charge in [-0.25, -0.2) is 9.97 Å². The quantitative estimate of drug-likeness (QED) is 0.692. The van der Waals surface area contributed by atoms with E-state index in [2.05, 4.69) is 15.3 Å². The number of alkyl halides is 3. The Balaban J connectivity index is 2.26. The van der Waals surface area contributed by atoms with Crippen LogP contribution in [0.1, 0.15) is 21.5 Å². The van der Waals surface area contributed by atoms with Gasteiger partial charge in [0.25, 0.3) is 0 Å². The van der Waals surface area contributed by atoms with Gasteiger partial charge in [0.15, 0.2) is 6.29 Å². The molecule has 0 spiro atoms. The molecule has 0 bridgehead atoms. The Bertz CT molecular complexity index is 661. The summed E-state index contributed by atoms with van der Waals surface area (Å²) in [4.78, 5) is 18.3. The number of aldehydes is 1. The Hall–Kier alpha value is -2.15. The van der Waals surface area contributed by atoms with Gasteiger partial charge in [-0.1, -0.05) is 29.8 Å². The van der Waals surface area contributed by atoms with E-state index in [0.717, 1.165) is 12.4 Å². The molecule has 1 heterocycles. The van der Waals surface area contributed by atoms with Crippen LogP contribution in [-0.2, 0) is 12.7 Å². The number of hydrogen-bond donors (Lipinski definition) is 1. The average molecular weight is 316 g/mol. The highest BCUT2D eigenvalue weighted by molar-refractivity contribution is 6.32. The second-order valence-corrected chi connectivity index (χ2v) is 4.41. The van der Waals surface area contributed by atoms with Crippen molar-refractivity contribution in [1.82, 2.24) is 9.97 Å². The van der Waals surface area contributed by atoms with E-state index in [0.29, 0.717) is 6.29 Å². The Kier molecular flexibility index (Phi) is 4.42. The zero-order valence-electron chi connectivity index (χ0n) is 10.5. The van der Waals surface area contributed by atoms with E-state index < -0.39 is 11.7 Å². The van der Waals surface area contributed by atoms with Crippen molar-refractivity contribution in [2.45, 2.75) is 12.7 Å². The molecule has 0 saturated heterocycles. The second-order valence-electron chi connectivity index (χ2n) is 4.05. The first-order chi connectivity index (χ1) is 9.93. The number of carbonyl (C=O) groups excluding carboxylic acids is 1. The molecular formula is C13H9ClF3N3O. The van der Waals surface area contributed by atoms with Gasteiger partial charge in [-0.15, -0.1) is 0 Å². The van der Waals surface area contributed by atoms with Gasteiger partial charge in [0, 0.05) is 6.54 Å². The molecule has 110 valence electrons. The van der Waals surface area contributed by atoms with Crippen LogP contribution in [0.3, 0.4) is 0 Å². The van der Waals surface area contributed by atoms with Crippen molar-refractivity contribution in [2.24, 2.45) is 0 Å². The molecule has 2 rings (SSSR count). The van der Waals surface area contributed by atoms with Crippen molar-refractivity contribution < 1.29 is 18.0 Å². The van der Waals surface area contributed by atoms with Crippen LogP contribution >= 0.6 is 11.6 Å².